The Morgan fingerprint density at radius 3 is 2.29 bits per heavy atom. The molecule has 4 aromatic rings. The largest absolute Gasteiger partial charge is 0.457 e. The summed E-state index contributed by atoms with van der Waals surface area (Å²) in [6.07, 6.45) is 0.817. The van der Waals surface area contributed by atoms with Crippen LogP contribution in [-0.2, 0) is 0 Å². The third-order valence-corrected chi connectivity index (χ3v) is 3.80. The number of carbonyl (C=O) groups excluding carboxylic acids is 1. The van der Waals surface area contributed by atoms with E-state index in [9.17, 15) is 4.79 Å². The highest BCUT2D eigenvalue weighted by molar-refractivity contribution is 5.88. The van der Waals surface area contributed by atoms with E-state index in [4.69, 9.17) is 9.15 Å². The van der Waals surface area contributed by atoms with Crippen molar-refractivity contribution in [2.75, 3.05) is 0 Å². The molecular formula is C21H14O3. The molecule has 0 amide bonds. The van der Waals surface area contributed by atoms with Gasteiger partial charge >= 0.3 is 0 Å². The molecule has 3 nitrogen and oxygen atoms in total. The first-order valence-electron chi connectivity index (χ1n) is 7.64. The minimum Gasteiger partial charge on any atom is -0.457 e. The van der Waals surface area contributed by atoms with E-state index in [2.05, 4.69) is 0 Å². The van der Waals surface area contributed by atoms with Crippen LogP contribution in [0.2, 0.25) is 0 Å². The Hall–Kier alpha value is -3.33. The molecule has 116 valence electrons. The van der Waals surface area contributed by atoms with E-state index in [1.165, 1.54) is 0 Å². The molecule has 0 bridgehead atoms. The van der Waals surface area contributed by atoms with E-state index in [1.54, 1.807) is 12.1 Å². The normalized spacial score (nSPS) is 10.7. The number of fused-ring (bicyclic) bond motifs is 1. The Labute approximate surface area is 139 Å². The molecule has 0 N–H and O–H groups in total. The molecule has 0 unspecified atom stereocenters. The summed E-state index contributed by atoms with van der Waals surface area (Å²) in [7, 11) is 0. The predicted molar refractivity (Wildman–Crippen MR) is 93.6 cm³/mol. The van der Waals surface area contributed by atoms with Crippen molar-refractivity contribution in [3.8, 4) is 22.8 Å². The number of furan rings is 1. The van der Waals surface area contributed by atoms with Gasteiger partial charge in [-0.1, -0.05) is 30.3 Å². The van der Waals surface area contributed by atoms with Crippen LogP contribution in [0.25, 0.3) is 22.3 Å². The maximum atomic E-state index is 10.9. The van der Waals surface area contributed by atoms with Crippen molar-refractivity contribution >= 4 is 17.3 Å². The van der Waals surface area contributed by atoms with Crippen LogP contribution < -0.4 is 4.74 Å². The molecule has 1 heterocycles. The second kappa shape index (κ2) is 6.05. The van der Waals surface area contributed by atoms with Crippen molar-refractivity contribution < 1.29 is 13.9 Å². The van der Waals surface area contributed by atoms with Crippen molar-refractivity contribution in [1.29, 1.82) is 0 Å². The van der Waals surface area contributed by atoms with E-state index in [0.29, 0.717) is 11.1 Å². The summed E-state index contributed by atoms with van der Waals surface area (Å²) >= 11 is 0. The molecule has 0 spiro atoms. The zero-order valence-corrected chi connectivity index (χ0v) is 12.8. The van der Waals surface area contributed by atoms with E-state index in [-0.39, 0.29) is 0 Å². The average molecular weight is 314 g/mol. The van der Waals surface area contributed by atoms with Crippen molar-refractivity contribution in [3.05, 3.63) is 84.4 Å². The van der Waals surface area contributed by atoms with Crippen LogP contribution in [0.15, 0.2) is 83.3 Å². The number of ether oxygens (including phenoxy) is 1. The van der Waals surface area contributed by atoms with Gasteiger partial charge in [0, 0.05) is 16.5 Å². The van der Waals surface area contributed by atoms with Crippen molar-refractivity contribution in [2.24, 2.45) is 0 Å². The highest BCUT2D eigenvalue weighted by Crippen LogP contribution is 2.30. The Morgan fingerprint density at radius 1 is 0.792 bits per heavy atom. The molecular weight excluding hydrogens is 300 g/mol. The Morgan fingerprint density at radius 2 is 1.54 bits per heavy atom. The number of hydrogen-bond donors (Lipinski definition) is 0. The maximum absolute atomic E-state index is 10.9. The SMILES string of the molecule is O=Cc1ccc2cc(-c3ccc(Oc4ccccc4)cc3)oc2c1. The first kappa shape index (κ1) is 14.3. The van der Waals surface area contributed by atoms with Crippen LogP contribution in [0.1, 0.15) is 10.4 Å². The molecule has 0 aliphatic carbocycles. The lowest BCUT2D eigenvalue weighted by atomic mass is 10.1. The van der Waals surface area contributed by atoms with Gasteiger partial charge in [0.25, 0.3) is 0 Å². The highest BCUT2D eigenvalue weighted by atomic mass is 16.5. The standard InChI is InChI=1S/C21H14O3/c22-14-15-6-7-17-13-21(24-20(17)12-15)16-8-10-19(11-9-16)23-18-4-2-1-3-5-18/h1-14H. The first-order valence-corrected chi connectivity index (χ1v) is 7.64. The third kappa shape index (κ3) is 2.79. The topological polar surface area (TPSA) is 39.4 Å². The van der Waals surface area contributed by atoms with E-state index in [0.717, 1.165) is 34.5 Å². The van der Waals surface area contributed by atoms with Gasteiger partial charge in [0.2, 0.25) is 0 Å². The van der Waals surface area contributed by atoms with Gasteiger partial charge in [0.1, 0.15) is 29.1 Å². The van der Waals surface area contributed by atoms with Gasteiger partial charge in [0.05, 0.1) is 0 Å². The van der Waals surface area contributed by atoms with Crippen LogP contribution in [0.5, 0.6) is 11.5 Å². The highest BCUT2D eigenvalue weighted by Gasteiger charge is 2.07. The van der Waals surface area contributed by atoms with E-state index >= 15 is 0 Å². The lowest BCUT2D eigenvalue weighted by Gasteiger charge is -2.05. The molecule has 3 heteroatoms. The summed E-state index contributed by atoms with van der Waals surface area (Å²) < 4.78 is 11.6. The summed E-state index contributed by atoms with van der Waals surface area (Å²) in [6.45, 7) is 0. The molecule has 1 aromatic heterocycles. The quantitative estimate of drug-likeness (QED) is 0.453. The fraction of sp³-hybridized carbons (Fsp3) is 0. The second-order valence-corrected chi connectivity index (χ2v) is 5.47. The molecule has 0 atom stereocenters. The van der Waals surface area contributed by atoms with Crippen LogP contribution in [-0.4, -0.2) is 6.29 Å². The van der Waals surface area contributed by atoms with Gasteiger partial charge in [-0.25, -0.2) is 0 Å². The number of rotatable bonds is 4. The molecule has 3 aromatic carbocycles. The Kier molecular flexibility index (Phi) is 3.60. The van der Waals surface area contributed by atoms with Crippen molar-refractivity contribution in [3.63, 3.8) is 0 Å². The van der Waals surface area contributed by atoms with Crippen LogP contribution in [0, 0.1) is 0 Å². The first-order chi connectivity index (χ1) is 11.8. The van der Waals surface area contributed by atoms with Gasteiger partial charge in [-0.15, -0.1) is 0 Å². The van der Waals surface area contributed by atoms with Gasteiger partial charge in [-0.05, 0) is 48.5 Å². The smallest absolute Gasteiger partial charge is 0.150 e. The zero-order chi connectivity index (χ0) is 16.4. The molecule has 4 rings (SSSR count). The summed E-state index contributed by atoms with van der Waals surface area (Å²) in [4.78, 5) is 10.9. The van der Waals surface area contributed by atoms with Gasteiger partial charge in [-0.3, -0.25) is 4.79 Å². The molecule has 0 radical (unpaired) electrons. The van der Waals surface area contributed by atoms with Gasteiger partial charge < -0.3 is 9.15 Å². The fourth-order valence-corrected chi connectivity index (χ4v) is 2.58. The van der Waals surface area contributed by atoms with E-state index in [1.807, 2.05) is 66.7 Å². The molecule has 0 aliphatic heterocycles. The number of hydrogen-bond acceptors (Lipinski definition) is 3. The maximum Gasteiger partial charge on any atom is 0.150 e. The number of para-hydroxylation sites is 1. The number of aldehydes is 1. The molecule has 0 saturated carbocycles. The molecule has 0 saturated heterocycles. The minimum atomic E-state index is 0.606. The molecule has 0 fully saturated rings. The van der Waals surface area contributed by atoms with Crippen LogP contribution >= 0.6 is 0 Å². The minimum absolute atomic E-state index is 0.606. The second-order valence-electron chi connectivity index (χ2n) is 5.47. The van der Waals surface area contributed by atoms with Crippen molar-refractivity contribution in [1.82, 2.24) is 0 Å². The third-order valence-electron chi connectivity index (χ3n) is 3.80. The van der Waals surface area contributed by atoms with Crippen molar-refractivity contribution in [2.45, 2.75) is 0 Å². The van der Waals surface area contributed by atoms with Gasteiger partial charge in [-0.2, -0.15) is 0 Å². The lowest BCUT2D eigenvalue weighted by molar-refractivity contribution is 0.112. The molecule has 24 heavy (non-hydrogen) atoms. The van der Waals surface area contributed by atoms with Crippen LogP contribution in [0.3, 0.4) is 0 Å². The summed E-state index contributed by atoms with van der Waals surface area (Å²) in [5, 5.41) is 0.972. The fourth-order valence-electron chi connectivity index (χ4n) is 2.58. The number of carbonyl (C=O) groups is 1. The summed E-state index contributed by atoms with van der Waals surface area (Å²) in [6, 6.07) is 24.8. The summed E-state index contributed by atoms with van der Waals surface area (Å²) in [5.74, 6) is 2.33. The Bertz CT molecular complexity index is 983. The monoisotopic (exact) mass is 314 g/mol. The molecule has 0 aliphatic rings. The lowest BCUT2D eigenvalue weighted by Crippen LogP contribution is -1.83. The van der Waals surface area contributed by atoms with Crippen LogP contribution in [0.4, 0.5) is 0 Å². The van der Waals surface area contributed by atoms with E-state index < -0.39 is 0 Å². The predicted octanol–water partition coefficient (Wildman–Crippen LogP) is 5.70. The summed E-state index contributed by atoms with van der Waals surface area (Å²) in [5.41, 5.74) is 2.27. The number of benzene rings is 3. The van der Waals surface area contributed by atoms with Gasteiger partial charge in [0.15, 0.2) is 0 Å². The average Bonchev–Trinajstić information content (AvgIpc) is 3.06. The zero-order valence-electron chi connectivity index (χ0n) is 12.8. The Balaban J connectivity index is 1.61.